The number of allylic oxidation sites excluding steroid dienone is 2. The number of sulfonamides is 1. The van der Waals surface area contributed by atoms with E-state index in [9.17, 15) is 8.42 Å². The van der Waals surface area contributed by atoms with Gasteiger partial charge in [-0.05, 0) is 31.9 Å². The summed E-state index contributed by atoms with van der Waals surface area (Å²) in [6, 6.07) is 7.09. The van der Waals surface area contributed by atoms with E-state index in [-0.39, 0.29) is 5.41 Å². The summed E-state index contributed by atoms with van der Waals surface area (Å²) in [6.07, 6.45) is 6.25. The topological polar surface area (TPSA) is 37.4 Å². The normalized spacial score (nSPS) is 22.3. The summed E-state index contributed by atoms with van der Waals surface area (Å²) in [5.74, 6) is 0. The van der Waals surface area contributed by atoms with Gasteiger partial charge in [-0.15, -0.1) is 0 Å². The zero-order chi connectivity index (χ0) is 12.8. The van der Waals surface area contributed by atoms with Crippen LogP contribution >= 0.6 is 0 Å². The van der Waals surface area contributed by atoms with Crippen LogP contribution in [0.15, 0.2) is 41.3 Å². The van der Waals surface area contributed by atoms with E-state index in [0.29, 0.717) is 18.0 Å². The van der Waals surface area contributed by atoms with Gasteiger partial charge in [0.2, 0.25) is 10.0 Å². The van der Waals surface area contributed by atoms with Crippen LogP contribution in [0.3, 0.4) is 0 Å². The SMILES string of the molecule is Cc1ccc(S(=O)(=O)N2CCC3(C=C3)CC2)cc1. The standard InChI is InChI=1S/C14H17NO2S/c1-12-2-4-13(5-3-12)18(16,17)15-10-8-14(6-7-14)9-11-15/h2-7H,8-11H2,1H3. The Bertz CT molecular complexity index is 571. The third-order valence-electron chi connectivity index (χ3n) is 3.95. The first-order valence-corrected chi connectivity index (χ1v) is 7.73. The van der Waals surface area contributed by atoms with E-state index >= 15 is 0 Å². The lowest BCUT2D eigenvalue weighted by molar-refractivity contribution is 0.278. The minimum atomic E-state index is -3.30. The number of nitrogens with zero attached hydrogens (tertiary/aromatic N) is 1. The molecule has 96 valence electrons. The molecule has 0 atom stereocenters. The Kier molecular flexibility index (Phi) is 2.61. The maximum Gasteiger partial charge on any atom is 0.243 e. The lowest BCUT2D eigenvalue weighted by Gasteiger charge is -2.31. The van der Waals surface area contributed by atoms with Gasteiger partial charge in [0.05, 0.1) is 4.90 Å². The van der Waals surface area contributed by atoms with E-state index in [1.54, 1.807) is 16.4 Å². The van der Waals surface area contributed by atoms with Crippen LogP contribution in [0.5, 0.6) is 0 Å². The summed E-state index contributed by atoms with van der Waals surface area (Å²) < 4.78 is 26.5. The van der Waals surface area contributed by atoms with Gasteiger partial charge in [-0.3, -0.25) is 0 Å². The second-order valence-electron chi connectivity index (χ2n) is 5.28. The van der Waals surface area contributed by atoms with Crippen molar-refractivity contribution >= 4 is 10.0 Å². The third-order valence-corrected chi connectivity index (χ3v) is 5.86. The van der Waals surface area contributed by atoms with Crippen LogP contribution in [-0.4, -0.2) is 25.8 Å². The average Bonchev–Trinajstić information content (AvgIpc) is 3.10. The summed E-state index contributed by atoms with van der Waals surface area (Å²) in [5.41, 5.74) is 1.34. The van der Waals surface area contributed by atoms with Crippen molar-refractivity contribution < 1.29 is 8.42 Å². The molecule has 0 bridgehead atoms. The molecule has 1 aliphatic heterocycles. The maximum absolute atomic E-state index is 12.4. The fraction of sp³-hybridized carbons (Fsp3) is 0.429. The van der Waals surface area contributed by atoms with Crippen LogP contribution < -0.4 is 0 Å². The molecule has 18 heavy (non-hydrogen) atoms. The molecule has 1 heterocycles. The molecule has 4 heteroatoms. The first-order chi connectivity index (χ1) is 8.52. The van der Waals surface area contributed by atoms with Gasteiger partial charge in [0.25, 0.3) is 0 Å². The number of hydrogen-bond donors (Lipinski definition) is 0. The van der Waals surface area contributed by atoms with Crippen molar-refractivity contribution in [1.82, 2.24) is 4.31 Å². The van der Waals surface area contributed by atoms with Gasteiger partial charge in [0, 0.05) is 18.5 Å². The molecular weight excluding hydrogens is 246 g/mol. The second-order valence-corrected chi connectivity index (χ2v) is 7.22. The molecule has 1 saturated heterocycles. The number of hydrogen-bond acceptors (Lipinski definition) is 2. The minimum absolute atomic E-state index is 0.263. The van der Waals surface area contributed by atoms with Crippen LogP contribution in [0, 0.1) is 12.3 Å². The molecule has 0 N–H and O–H groups in total. The molecule has 2 aliphatic rings. The first kappa shape index (κ1) is 11.9. The highest BCUT2D eigenvalue weighted by Gasteiger charge is 2.40. The van der Waals surface area contributed by atoms with E-state index in [2.05, 4.69) is 12.2 Å². The van der Waals surface area contributed by atoms with E-state index in [1.807, 2.05) is 19.1 Å². The molecule has 1 aliphatic carbocycles. The van der Waals surface area contributed by atoms with Crippen LogP contribution in [0.4, 0.5) is 0 Å². The summed E-state index contributed by atoms with van der Waals surface area (Å²) in [4.78, 5) is 0.410. The quantitative estimate of drug-likeness (QED) is 0.768. The van der Waals surface area contributed by atoms with Crippen molar-refractivity contribution in [1.29, 1.82) is 0 Å². The van der Waals surface area contributed by atoms with Gasteiger partial charge in [-0.1, -0.05) is 29.8 Å². The molecule has 1 aromatic rings. The molecule has 0 aromatic heterocycles. The Balaban J connectivity index is 1.80. The fourth-order valence-corrected chi connectivity index (χ4v) is 3.89. The highest BCUT2D eigenvalue weighted by molar-refractivity contribution is 7.89. The summed E-state index contributed by atoms with van der Waals surface area (Å²) in [6.45, 7) is 3.21. The Morgan fingerprint density at radius 1 is 1.06 bits per heavy atom. The van der Waals surface area contributed by atoms with Crippen molar-refractivity contribution in [2.45, 2.75) is 24.7 Å². The smallest absolute Gasteiger partial charge is 0.207 e. The van der Waals surface area contributed by atoms with Crippen LogP contribution in [0.1, 0.15) is 18.4 Å². The van der Waals surface area contributed by atoms with Crippen molar-refractivity contribution in [3.05, 3.63) is 42.0 Å². The van der Waals surface area contributed by atoms with E-state index in [4.69, 9.17) is 0 Å². The molecule has 1 spiro atoms. The molecule has 0 saturated carbocycles. The van der Waals surface area contributed by atoms with Crippen molar-refractivity contribution in [3.63, 3.8) is 0 Å². The molecule has 0 radical (unpaired) electrons. The van der Waals surface area contributed by atoms with Gasteiger partial charge in [0.15, 0.2) is 0 Å². The zero-order valence-corrected chi connectivity index (χ0v) is 11.3. The molecule has 3 nitrogen and oxygen atoms in total. The Morgan fingerprint density at radius 3 is 2.11 bits per heavy atom. The minimum Gasteiger partial charge on any atom is -0.207 e. The number of piperidine rings is 1. The first-order valence-electron chi connectivity index (χ1n) is 6.29. The van der Waals surface area contributed by atoms with Gasteiger partial charge in [-0.25, -0.2) is 8.42 Å². The highest BCUT2D eigenvalue weighted by atomic mass is 32.2. The summed E-state index contributed by atoms with van der Waals surface area (Å²) >= 11 is 0. The highest BCUT2D eigenvalue weighted by Crippen LogP contribution is 2.45. The maximum atomic E-state index is 12.4. The van der Waals surface area contributed by atoms with E-state index in [1.165, 1.54) is 0 Å². The van der Waals surface area contributed by atoms with Crippen molar-refractivity contribution in [3.8, 4) is 0 Å². The number of aryl methyl sites for hydroxylation is 1. The van der Waals surface area contributed by atoms with E-state index < -0.39 is 10.0 Å². The summed E-state index contributed by atoms with van der Waals surface area (Å²) in [7, 11) is -3.30. The summed E-state index contributed by atoms with van der Waals surface area (Å²) in [5, 5.41) is 0. The second kappa shape index (κ2) is 3.93. The molecule has 1 fully saturated rings. The third kappa shape index (κ3) is 1.99. The lowest BCUT2D eigenvalue weighted by atomic mass is 9.93. The van der Waals surface area contributed by atoms with Gasteiger partial charge in [0.1, 0.15) is 0 Å². The zero-order valence-electron chi connectivity index (χ0n) is 10.5. The van der Waals surface area contributed by atoms with Gasteiger partial charge in [-0.2, -0.15) is 4.31 Å². The average molecular weight is 263 g/mol. The van der Waals surface area contributed by atoms with Crippen LogP contribution in [0.25, 0.3) is 0 Å². The largest absolute Gasteiger partial charge is 0.243 e. The number of rotatable bonds is 2. The monoisotopic (exact) mass is 263 g/mol. The van der Waals surface area contributed by atoms with Crippen molar-refractivity contribution in [2.24, 2.45) is 5.41 Å². The van der Waals surface area contributed by atoms with Gasteiger partial charge < -0.3 is 0 Å². The van der Waals surface area contributed by atoms with Crippen molar-refractivity contribution in [2.75, 3.05) is 13.1 Å². The molecular formula is C14H17NO2S. The molecule has 1 aromatic carbocycles. The van der Waals surface area contributed by atoms with Gasteiger partial charge >= 0.3 is 0 Å². The van der Waals surface area contributed by atoms with Crippen LogP contribution in [-0.2, 0) is 10.0 Å². The Labute approximate surface area is 108 Å². The van der Waals surface area contributed by atoms with Crippen LogP contribution in [0.2, 0.25) is 0 Å². The molecule has 0 amide bonds. The molecule has 0 unspecified atom stereocenters. The lowest BCUT2D eigenvalue weighted by Crippen LogP contribution is -2.39. The fourth-order valence-electron chi connectivity index (χ4n) is 2.45. The predicted octanol–water partition coefficient (Wildman–Crippen LogP) is 2.34. The Morgan fingerprint density at radius 2 is 1.61 bits per heavy atom. The Hall–Kier alpha value is -1.13. The molecule has 3 rings (SSSR count). The predicted molar refractivity (Wildman–Crippen MR) is 70.7 cm³/mol. The number of benzene rings is 1. The van der Waals surface area contributed by atoms with E-state index in [0.717, 1.165) is 18.4 Å².